The summed E-state index contributed by atoms with van der Waals surface area (Å²) in [6.45, 7) is 3.82. The predicted octanol–water partition coefficient (Wildman–Crippen LogP) is 5.89. The van der Waals surface area contributed by atoms with E-state index in [-0.39, 0.29) is 5.69 Å². The van der Waals surface area contributed by atoms with Crippen LogP contribution in [0, 0.1) is 6.92 Å². The number of aromatic nitrogens is 1. The van der Waals surface area contributed by atoms with Crippen molar-refractivity contribution in [1.29, 1.82) is 0 Å². The van der Waals surface area contributed by atoms with E-state index in [1.807, 2.05) is 32.0 Å². The van der Waals surface area contributed by atoms with E-state index in [1.165, 1.54) is 4.68 Å². The molecule has 4 rings (SSSR count). The van der Waals surface area contributed by atoms with Crippen molar-refractivity contribution in [3.05, 3.63) is 93.0 Å². The molecule has 0 fully saturated rings. The largest absolute Gasteiger partial charge is 0.328 e. The van der Waals surface area contributed by atoms with Crippen molar-refractivity contribution < 1.29 is 14.4 Å². The van der Waals surface area contributed by atoms with Gasteiger partial charge in [0.15, 0.2) is 0 Å². The van der Waals surface area contributed by atoms with Gasteiger partial charge in [0.05, 0.1) is 5.52 Å². The van der Waals surface area contributed by atoms with Crippen LogP contribution in [0.3, 0.4) is 0 Å². The molecule has 0 aliphatic carbocycles. The molecule has 3 aromatic carbocycles. The average molecular weight is 554 g/mol. The molecule has 0 saturated heterocycles. The Bertz CT molecular complexity index is 1460. The highest BCUT2D eigenvalue weighted by molar-refractivity contribution is 9.10. The summed E-state index contributed by atoms with van der Waals surface area (Å²) in [5.41, 5.74) is 6.11. The molecule has 7 nitrogen and oxygen atoms in total. The maximum atomic E-state index is 13.2. The van der Waals surface area contributed by atoms with Crippen LogP contribution in [-0.2, 0) is 16.0 Å². The van der Waals surface area contributed by atoms with E-state index in [4.69, 9.17) is 11.6 Å². The van der Waals surface area contributed by atoms with E-state index in [2.05, 4.69) is 32.0 Å². The normalized spacial score (nSPS) is 10.7. The zero-order chi connectivity index (χ0) is 25.1. The quantitative estimate of drug-likeness (QED) is 0.269. The van der Waals surface area contributed by atoms with Crippen molar-refractivity contribution in [2.45, 2.75) is 20.3 Å². The molecule has 35 heavy (non-hydrogen) atoms. The van der Waals surface area contributed by atoms with Crippen molar-refractivity contribution in [2.24, 2.45) is 0 Å². The second-order valence-electron chi connectivity index (χ2n) is 7.89. The van der Waals surface area contributed by atoms with Crippen molar-refractivity contribution in [1.82, 2.24) is 4.68 Å². The van der Waals surface area contributed by atoms with Gasteiger partial charge in [-0.15, -0.1) is 0 Å². The maximum absolute atomic E-state index is 13.2. The average Bonchev–Trinajstić information content (AvgIpc) is 3.19. The van der Waals surface area contributed by atoms with Gasteiger partial charge in [0, 0.05) is 26.3 Å². The van der Waals surface area contributed by atoms with Gasteiger partial charge in [-0.25, -0.2) is 4.68 Å². The molecular formula is C26H22BrClN4O3. The van der Waals surface area contributed by atoms with Crippen molar-refractivity contribution >= 4 is 67.5 Å². The minimum Gasteiger partial charge on any atom is -0.321 e. The molecule has 1 aromatic heterocycles. The second-order valence-corrected chi connectivity index (χ2v) is 9.21. The molecule has 0 atom stereocenters. The number of rotatable bonds is 5. The first-order chi connectivity index (χ1) is 16.8. The number of hydrogen-bond donors (Lipinski definition) is 3. The monoisotopic (exact) mass is 552 g/mol. The highest BCUT2D eigenvalue weighted by atomic mass is 79.9. The number of aryl methyl sites for hydroxylation is 2. The number of carbonyl (C=O) groups excluding carboxylic acids is 3. The molecule has 0 aliphatic rings. The Balaban J connectivity index is 1.63. The summed E-state index contributed by atoms with van der Waals surface area (Å²) in [6, 6.07) is 19.4. The number of fused-ring (bicyclic) bond motifs is 1. The van der Waals surface area contributed by atoms with E-state index < -0.39 is 17.7 Å². The van der Waals surface area contributed by atoms with Crippen LogP contribution in [-0.4, -0.2) is 22.4 Å². The van der Waals surface area contributed by atoms with Gasteiger partial charge in [-0.05, 0) is 66.9 Å². The van der Waals surface area contributed by atoms with Crippen LogP contribution >= 0.6 is 27.5 Å². The van der Waals surface area contributed by atoms with Gasteiger partial charge in [0.2, 0.25) is 0 Å². The smallest absolute Gasteiger partial charge is 0.321 e. The standard InChI is InChI=1S/C26H22BrClN4O3/c1-3-16-6-4-5-7-21(16)30-25(34)26(35)31-32-22-11-9-18(27)12-17(22)13-23(32)24(33)29-19-10-8-15(2)20(28)14-19/h4-14H,3H2,1-2H3,(H,29,33)(H,30,34)(H,31,35). The third kappa shape index (κ3) is 5.39. The molecule has 0 radical (unpaired) electrons. The van der Waals surface area contributed by atoms with E-state index in [0.29, 0.717) is 33.7 Å². The third-order valence-electron chi connectivity index (χ3n) is 5.49. The number of nitrogens with one attached hydrogen (secondary N) is 3. The van der Waals surface area contributed by atoms with E-state index in [1.54, 1.807) is 48.5 Å². The highest BCUT2D eigenvalue weighted by Gasteiger charge is 2.22. The molecule has 1 heterocycles. The fourth-order valence-corrected chi connectivity index (χ4v) is 4.18. The summed E-state index contributed by atoms with van der Waals surface area (Å²) in [4.78, 5) is 38.7. The number of nitrogens with zero attached hydrogens (tertiary/aromatic N) is 1. The van der Waals surface area contributed by atoms with E-state index in [0.717, 1.165) is 15.6 Å². The van der Waals surface area contributed by atoms with Gasteiger partial charge in [0.25, 0.3) is 5.91 Å². The van der Waals surface area contributed by atoms with Crippen molar-refractivity contribution in [2.75, 3.05) is 16.1 Å². The molecule has 0 bridgehead atoms. The molecule has 3 amide bonds. The number of hydrogen-bond acceptors (Lipinski definition) is 3. The summed E-state index contributed by atoms with van der Waals surface area (Å²) in [6.07, 6.45) is 0.697. The second kappa shape index (κ2) is 10.3. The lowest BCUT2D eigenvalue weighted by Gasteiger charge is -2.14. The third-order valence-corrected chi connectivity index (χ3v) is 6.39. The Morgan fingerprint density at radius 1 is 0.943 bits per heavy atom. The van der Waals surface area contributed by atoms with Crippen LogP contribution in [0.1, 0.15) is 28.5 Å². The van der Waals surface area contributed by atoms with Gasteiger partial charge in [0.1, 0.15) is 5.69 Å². The molecule has 9 heteroatoms. The Hall–Kier alpha value is -3.62. The van der Waals surface area contributed by atoms with E-state index in [9.17, 15) is 14.4 Å². The Labute approximate surface area is 215 Å². The highest BCUT2D eigenvalue weighted by Crippen LogP contribution is 2.25. The molecule has 0 aliphatic heterocycles. The molecule has 0 saturated carbocycles. The van der Waals surface area contributed by atoms with Gasteiger partial charge in [-0.2, -0.15) is 0 Å². The van der Waals surface area contributed by atoms with Crippen LogP contribution in [0.5, 0.6) is 0 Å². The summed E-state index contributed by atoms with van der Waals surface area (Å²) >= 11 is 9.61. The van der Waals surface area contributed by atoms with Crippen LogP contribution in [0.4, 0.5) is 11.4 Å². The number of benzene rings is 3. The molecule has 178 valence electrons. The predicted molar refractivity (Wildman–Crippen MR) is 143 cm³/mol. The summed E-state index contributed by atoms with van der Waals surface area (Å²) in [5.74, 6) is -2.24. The molecule has 3 N–H and O–H groups in total. The Morgan fingerprint density at radius 3 is 2.46 bits per heavy atom. The molecular weight excluding hydrogens is 532 g/mol. The zero-order valence-corrected chi connectivity index (χ0v) is 21.3. The zero-order valence-electron chi connectivity index (χ0n) is 19.0. The lowest BCUT2D eigenvalue weighted by atomic mass is 10.1. The van der Waals surface area contributed by atoms with Gasteiger partial charge < -0.3 is 10.6 Å². The van der Waals surface area contributed by atoms with Crippen molar-refractivity contribution in [3.8, 4) is 0 Å². The molecule has 0 spiro atoms. The summed E-state index contributed by atoms with van der Waals surface area (Å²) in [7, 11) is 0. The molecule has 4 aromatic rings. The van der Waals surface area contributed by atoms with Crippen LogP contribution in [0.2, 0.25) is 5.02 Å². The Morgan fingerprint density at radius 2 is 1.71 bits per heavy atom. The Kier molecular flexibility index (Phi) is 7.23. The van der Waals surface area contributed by atoms with Crippen LogP contribution < -0.4 is 16.1 Å². The SMILES string of the molecule is CCc1ccccc1NC(=O)C(=O)Nn1c(C(=O)Nc2ccc(C)c(Cl)c2)cc2cc(Br)ccc21. The number of carbonyl (C=O) groups is 3. The first kappa shape index (κ1) is 24.5. The number of anilines is 2. The van der Waals surface area contributed by atoms with Gasteiger partial charge in [-0.1, -0.05) is 58.7 Å². The fourth-order valence-electron chi connectivity index (χ4n) is 3.62. The minimum absolute atomic E-state index is 0.143. The maximum Gasteiger partial charge on any atom is 0.328 e. The van der Waals surface area contributed by atoms with Crippen molar-refractivity contribution in [3.63, 3.8) is 0 Å². The van der Waals surface area contributed by atoms with Gasteiger partial charge in [-0.3, -0.25) is 19.8 Å². The van der Waals surface area contributed by atoms with Gasteiger partial charge >= 0.3 is 11.8 Å². The number of halogens is 2. The number of para-hydroxylation sites is 1. The molecule has 0 unspecified atom stereocenters. The minimum atomic E-state index is -0.913. The van der Waals surface area contributed by atoms with Crippen LogP contribution in [0.15, 0.2) is 71.2 Å². The lowest BCUT2D eigenvalue weighted by molar-refractivity contribution is -0.133. The van der Waals surface area contributed by atoms with Crippen LogP contribution in [0.25, 0.3) is 10.9 Å². The number of amides is 3. The summed E-state index contributed by atoms with van der Waals surface area (Å²) in [5, 5.41) is 6.65. The van der Waals surface area contributed by atoms with E-state index >= 15 is 0 Å². The first-order valence-corrected chi connectivity index (χ1v) is 12.0. The topological polar surface area (TPSA) is 92.2 Å². The fraction of sp³-hybridized carbons (Fsp3) is 0.115. The first-order valence-electron chi connectivity index (χ1n) is 10.9. The lowest BCUT2D eigenvalue weighted by Crippen LogP contribution is -2.36. The summed E-state index contributed by atoms with van der Waals surface area (Å²) < 4.78 is 2.11.